The molecule has 1 saturated heterocycles. The number of carbonyl (C=O) groups excluding carboxylic acids is 3. The lowest BCUT2D eigenvalue weighted by Crippen LogP contribution is -2.54. The maximum Gasteiger partial charge on any atom is 0.416 e. The SMILES string of the molecule is C[C@H](C(=O)N1CC(=O)Nc2cc(C(F)(F)F)ccc21)N1CCC[C@H](C(=O)Nc2ccccc2)C1. The first-order valence-electron chi connectivity index (χ1n) is 11.1. The molecule has 3 amide bonds. The van der Waals surface area contributed by atoms with Crippen LogP contribution in [0.5, 0.6) is 0 Å². The molecule has 2 N–H and O–H groups in total. The van der Waals surface area contributed by atoms with Gasteiger partial charge in [0, 0.05) is 12.2 Å². The van der Waals surface area contributed by atoms with Crippen LogP contribution in [0.2, 0.25) is 0 Å². The van der Waals surface area contributed by atoms with E-state index >= 15 is 0 Å². The second kappa shape index (κ2) is 9.46. The molecule has 4 rings (SSSR count). The molecule has 0 aromatic heterocycles. The number of alkyl halides is 3. The zero-order chi connectivity index (χ0) is 24.5. The highest BCUT2D eigenvalue weighted by molar-refractivity contribution is 6.11. The Morgan fingerprint density at radius 1 is 1.15 bits per heavy atom. The lowest BCUT2D eigenvalue weighted by atomic mass is 9.95. The molecule has 0 unspecified atom stereocenters. The van der Waals surface area contributed by atoms with Gasteiger partial charge in [0.25, 0.3) is 0 Å². The lowest BCUT2D eigenvalue weighted by molar-refractivity contribution is -0.137. The molecule has 2 aromatic rings. The van der Waals surface area contributed by atoms with Crippen LogP contribution in [0.25, 0.3) is 0 Å². The molecule has 2 heterocycles. The van der Waals surface area contributed by atoms with Crippen molar-refractivity contribution in [1.29, 1.82) is 0 Å². The van der Waals surface area contributed by atoms with Crippen molar-refractivity contribution in [1.82, 2.24) is 4.90 Å². The Kier molecular flexibility index (Phi) is 6.60. The number of nitrogens with one attached hydrogen (secondary N) is 2. The van der Waals surface area contributed by atoms with Gasteiger partial charge >= 0.3 is 6.18 Å². The standard InChI is InChI=1S/C24H25F3N4O3/c1-15(30-11-5-6-16(13-30)22(33)28-18-7-3-2-4-8-18)23(34)31-14-21(32)29-19-12-17(24(25,26)27)9-10-20(19)31/h2-4,7-10,12,15-16H,5-6,11,13-14H2,1H3,(H,28,33)(H,29,32)/t15-,16+/m1/s1. The molecule has 10 heteroatoms. The topological polar surface area (TPSA) is 81.8 Å². The predicted molar refractivity (Wildman–Crippen MR) is 121 cm³/mol. The summed E-state index contributed by atoms with van der Waals surface area (Å²) in [6.07, 6.45) is -3.16. The number of hydrogen-bond acceptors (Lipinski definition) is 4. The number of para-hydroxylation sites is 1. The third-order valence-electron chi connectivity index (χ3n) is 6.23. The second-order valence-corrected chi connectivity index (χ2v) is 8.57. The zero-order valence-electron chi connectivity index (χ0n) is 18.6. The molecule has 0 aliphatic carbocycles. The number of rotatable bonds is 4. The largest absolute Gasteiger partial charge is 0.416 e. The first-order valence-corrected chi connectivity index (χ1v) is 11.1. The van der Waals surface area contributed by atoms with E-state index in [1.807, 2.05) is 23.1 Å². The number of hydrogen-bond donors (Lipinski definition) is 2. The fraction of sp³-hybridized carbons (Fsp3) is 0.375. The summed E-state index contributed by atoms with van der Waals surface area (Å²) in [4.78, 5) is 41.3. The highest BCUT2D eigenvalue weighted by atomic mass is 19.4. The van der Waals surface area contributed by atoms with Gasteiger partial charge in [-0.15, -0.1) is 0 Å². The van der Waals surface area contributed by atoms with Crippen LogP contribution >= 0.6 is 0 Å². The minimum atomic E-state index is -4.57. The first kappa shape index (κ1) is 23.7. The summed E-state index contributed by atoms with van der Waals surface area (Å²) < 4.78 is 39.3. The van der Waals surface area contributed by atoms with Crippen LogP contribution in [-0.2, 0) is 20.6 Å². The van der Waals surface area contributed by atoms with Crippen molar-refractivity contribution in [2.75, 3.05) is 35.2 Å². The predicted octanol–water partition coefficient (Wildman–Crippen LogP) is 3.73. The molecule has 0 spiro atoms. The smallest absolute Gasteiger partial charge is 0.326 e. The Morgan fingerprint density at radius 2 is 1.88 bits per heavy atom. The molecule has 180 valence electrons. The molecule has 2 atom stereocenters. The maximum absolute atomic E-state index is 13.3. The Hall–Kier alpha value is -3.40. The summed E-state index contributed by atoms with van der Waals surface area (Å²) in [5, 5.41) is 5.32. The molecule has 1 fully saturated rings. The highest BCUT2D eigenvalue weighted by Crippen LogP contribution is 2.37. The molecule has 0 radical (unpaired) electrons. The van der Waals surface area contributed by atoms with Crippen LogP contribution in [0.1, 0.15) is 25.3 Å². The van der Waals surface area contributed by atoms with E-state index in [2.05, 4.69) is 10.6 Å². The summed E-state index contributed by atoms with van der Waals surface area (Å²) in [5.74, 6) is -1.40. The van der Waals surface area contributed by atoms with E-state index in [1.165, 1.54) is 11.0 Å². The number of benzene rings is 2. The summed E-state index contributed by atoms with van der Waals surface area (Å²) >= 11 is 0. The number of nitrogens with zero attached hydrogens (tertiary/aromatic N) is 2. The van der Waals surface area contributed by atoms with Crippen LogP contribution in [0.4, 0.5) is 30.2 Å². The summed E-state index contributed by atoms with van der Waals surface area (Å²) in [6, 6.07) is 11.4. The van der Waals surface area contributed by atoms with Crippen molar-refractivity contribution in [3.8, 4) is 0 Å². The molecule has 2 aliphatic rings. The van der Waals surface area contributed by atoms with Crippen molar-refractivity contribution in [2.45, 2.75) is 32.0 Å². The molecule has 0 bridgehead atoms. The van der Waals surface area contributed by atoms with Gasteiger partial charge in [0.1, 0.15) is 6.54 Å². The Labute approximate surface area is 194 Å². The van der Waals surface area contributed by atoms with Crippen molar-refractivity contribution < 1.29 is 27.6 Å². The fourth-order valence-electron chi connectivity index (χ4n) is 4.38. The number of anilines is 3. The number of likely N-dealkylation sites (tertiary alicyclic amines) is 1. The van der Waals surface area contributed by atoms with Crippen molar-refractivity contribution in [2.24, 2.45) is 5.92 Å². The van der Waals surface area contributed by atoms with E-state index < -0.39 is 29.6 Å². The highest BCUT2D eigenvalue weighted by Gasteiger charge is 2.37. The van der Waals surface area contributed by atoms with E-state index in [0.717, 1.165) is 18.6 Å². The third-order valence-corrected chi connectivity index (χ3v) is 6.23. The van der Waals surface area contributed by atoms with Gasteiger partial charge in [-0.2, -0.15) is 13.2 Å². The second-order valence-electron chi connectivity index (χ2n) is 8.57. The van der Waals surface area contributed by atoms with Crippen LogP contribution in [0.15, 0.2) is 48.5 Å². The molecular formula is C24H25F3N4O3. The van der Waals surface area contributed by atoms with Crippen LogP contribution < -0.4 is 15.5 Å². The Balaban J connectivity index is 1.48. The Bertz CT molecular complexity index is 1090. The zero-order valence-corrected chi connectivity index (χ0v) is 18.6. The number of amides is 3. The molecule has 2 aromatic carbocycles. The van der Waals surface area contributed by atoms with Crippen molar-refractivity contribution in [3.05, 3.63) is 54.1 Å². The number of piperidine rings is 1. The quantitative estimate of drug-likeness (QED) is 0.708. The van der Waals surface area contributed by atoms with Gasteiger partial charge in [-0.05, 0) is 56.6 Å². The normalized spacial score (nSPS) is 19.7. The van der Waals surface area contributed by atoms with Crippen LogP contribution in [0, 0.1) is 5.92 Å². The third kappa shape index (κ3) is 5.06. The molecular weight excluding hydrogens is 449 g/mol. The maximum atomic E-state index is 13.3. The molecule has 34 heavy (non-hydrogen) atoms. The van der Waals surface area contributed by atoms with E-state index in [-0.39, 0.29) is 29.7 Å². The summed E-state index contributed by atoms with van der Waals surface area (Å²) in [6.45, 7) is 2.37. The average Bonchev–Trinajstić information content (AvgIpc) is 2.82. The number of halogens is 3. The first-order chi connectivity index (χ1) is 16.1. The summed E-state index contributed by atoms with van der Waals surface area (Å²) in [7, 11) is 0. The minimum absolute atomic E-state index is 0.0506. The average molecular weight is 474 g/mol. The molecule has 2 aliphatic heterocycles. The van der Waals surface area contributed by atoms with Crippen LogP contribution in [0.3, 0.4) is 0 Å². The van der Waals surface area contributed by atoms with Gasteiger partial charge in [0.05, 0.1) is 28.9 Å². The van der Waals surface area contributed by atoms with Crippen molar-refractivity contribution >= 4 is 34.8 Å². The van der Waals surface area contributed by atoms with Gasteiger partial charge < -0.3 is 10.6 Å². The minimum Gasteiger partial charge on any atom is -0.326 e. The van der Waals surface area contributed by atoms with Gasteiger partial charge in [0.15, 0.2) is 0 Å². The monoisotopic (exact) mass is 474 g/mol. The lowest BCUT2D eigenvalue weighted by Gasteiger charge is -2.38. The van der Waals surface area contributed by atoms with E-state index in [4.69, 9.17) is 0 Å². The van der Waals surface area contributed by atoms with Gasteiger partial charge in [-0.1, -0.05) is 18.2 Å². The number of fused-ring (bicyclic) bond motifs is 1. The molecule has 7 nitrogen and oxygen atoms in total. The number of carbonyl (C=O) groups is 3. The van der Waals surface area contributed by atoms with Crippen LogP contribution in [-0.4, -0.2) is 48.3 Å². The van der Waals surface area contributed by atoms with Gasteiger partial charge in [-0.25, -0.2) is 0 Å². The van der Waals surface area contributed by atoms with Crippen molar-refractivity contribution in [3.63, 3.8) is 0 Å². The van der Waals surface area contributed by atoms with E-state index in [1.54, 1.807) is 19.1 Å². The van der Waals surface area contributed by atoms with E-state index in [0.29, 0.717) is 25.2 Å². The van der Waals surface area contributed by atoms with E-state index in [9.17, 15) is 27.6 Å². The fourth-order valence-corrected chi connectivity index (χ4v) is 4.38. The molecule has 0 saturated carbocycles. The van der Waals surface area contributed by atoms with Gasteiger partial charge in [0.2, 0.25) is 17.7 Å². The Morgan fingerprint density at radius 3 is 2.59 bits per heavy atom. The summed E-state index contributed by atoms with van der Waals surface area (Å²) in [5.41, 5.74) is -0.0367. The van der Waals surface area contributed by atoms with Gasteiger partial charge in [-0.3, -0.25) is 24.2 Å².